The summed E-state index contributed by atoms with van der Waals surface area (Å²) in [5.41, 5.74) is 1.13. The minimum Gasteiger partial charge on any atom is -0.497 e. The topological polar surface area (TPSA) is 73.1 Å². The number of halogens is 3. The molecule has 2 heterocycles. The van der Waals surface area contributed by atoms with Crippen molar-refractivity contribution in [3.05, 3.63) is 65.9 Å². The summed E-state index contributed by atoms with van der Waals surface area (Å²) in [5.74, 6) is 1.79. The van der Waals surface area contributed by atoms with E-state index >= 15 is 0 Å². The number of benzene rings is 2. The lowest BCUT2D eigenvalue weighted by Crippen LogP contribution is -2.31. The number of anilines is 1. The fourth-order valence-electron chi connectivity index (χ4n) is 5.46. The number of alkyl halides is 3. The molecular weight excluding hydrogens is 481 g/mol. The predicted octanol–water partition coefficient (Wildman–Crippen LogP) is 7.48. The molecule has 0 radical (unpaired) electrons. The predicted molar refractivity (Wildman–Crippen MR) is 135 cm³/mol. The largest absolute Gasteiger partial charge is 0.497 e. The third-order valence-electron chi connectivity index (χ3n) is 7.40. The van der Waals surface area contributed by atoms with Crippen molar-refractivity contribution in [1.82, 2.24) is 15.2 Å². The zero-order valence-corrected chi connectivity index (χ0v) is 20.8. The van der Waals surface area contributed by atoms with Gasteiger partial charge in [-0.15, -0.1) is 5.10 Å². The molecule has 37 heavy (non-hydrogen) atoms. The van der Waals surface area contributed by atoms with Crippen LogP contribution in [0.1, 0.15) is 56.1 Å². The molecule has 4 aromatic rings. The molecular formula is C28H29F3N4O2. The Labute approximate surface area is 213 Å². The molecule has 5 rings (SSSR count). The zero-order chi connectivity index (χ0) is 26.0. The van der Waals surface area contributed by atoms with Gasteiger partial charge in [-0.2, -0.15) is 13.2 Å². The van der Waals surface area contributed by atoms with Crippen molar-refractivity contribution in [2.75, 3.05) is 12.4 Å². The minimum absolute atomic E-state index is 0.0341. The van der Waals surface area contributed by atoms with Crippen molar-refractivity contribution in [3.63, 3.8) is 0 Å². The lowest BCUT2D eigenvalue weighted by molar-refractivity contribution is -0.136. The third kappa shape index (κ3) is 5.26. The number of hydrogen-bond donors (Lipinski definition) is 1. The first-order chi connectivity index (χ1) is 17.9. The number of para-hydroxylation sites is 1. The standard InChI is InChI=1S/C28H29F3N4O2/c1-3-24(33-27-35-34-26(37-27)19-11-13-20(36-2)14-12-19)18-9-7-17(8-10-18)21-15-16-32-25-22(21)5-4-6-23(25)28(29,30)31/h4-6,11-18,24H,3,7-10H2,1-2H3,(H,33,35)/t17-,18+,24?. The van der Waals surface area contributed by atoms with Crippen LogP contribution in [-0.2, 0) is 6.18 Å². The summed E-state index contributed by atoms with van der Waals surface area (Å²) >= 11 is 0. The number of rotatable bonds is 7. The molecule has 9 heteroatoms. The van der Waals surface area contributed by atoms with Gasteiger partial charge in [0.05, 0.1) is 18.2 Å². The number of nitrogens with zero attached hydrogens (tertiary/aromatic N) is 3. The second-order valence-electron chi connectivity index (χ2n) is 9.51. The molecule has 2 aromatic carbocycles. The Morgan fingerprint density at radius 3 is 2.46 bits per heavy atom. The molecule has 1 saturated carbocycles. The summed E-state index contributed by atoms with van der Waals surface area (Å²) in [7, 11) is 1.62. The van der Waals surface area contributed by atoms with E-state index in [1.54, 1.807) is 13.2 Å². The SMILES string of the molecule is CCC(Nc1nnc(-c2ccc(OC)cc2)o1)[C@H]1CC[C@@H](c2ccnc3c(C(F)(F)F)cccc32)CC1. The van der Waals surface area contributed by atoms with E-state index in [4.69, 9.17) is 9.15 Å². The van der Waals surface area contributed by atoms with Crippen molar-refractivity contribution in [3.8, 4) is 17.2 Å². The molecule has 1 atom stereocenters. The van der Waals surface area contributed by atoms with Gasteiger partial charge in [0.15, 0.2) is 0 Å². The summed E-state index contributed by atoms with van der Waals surface area (Å²) in [6, 6.07) is 14.2. The molecule has 1 aliphatic rings. The van der Waals surface area contributed by atoms with E-state index in [-0.39, 0.29) is 17.5 Å². The van der Waals surface area contributed by atoms with Crippen LogP contribution in [0.4, 0.5) is 19.2 Å². The maximum atomic E-state index is 13.5. The second-order valence-corrected chi connectivity index (χ2v) is 9.51. The zero-order valence-electron chi connectivity index (χ0n) is 20.8. The highest BCUT2D eigenvalue weighted by atomic mass is 19.4. The molecule has 0 bridgehead atoms. The molecule has 1 N–H and O–H groups in total. The van der Waals surface area contributed by atoms with Crippen molar-refractivity contribution < 1.29 is 22.3 Å². The van der Waals surface area contributed by atoms with Gasteiger partial charge in [0, 0.05) is 23.2 Å². The number of aromatic nitrogens is 3. The van der Waals surface area contributed by atoms with Crippen LogP contribution in [-0.4, -0.2) is 28.3 Å². The van der Waals surface area contributed by atoms with Crippen LogP contribution in [0.3, 0.4) is 0 Å². The van der Waals surface area contributed by atoms with E-state index in [1.165, 1.54) is 12.3 Å². The maximum Gasteiger partial charge on any atom is 0.418 e. The number of fused-ring (bicyclic) bond motifs is 1. The van der Waals surface area contributed by atoms with E-state index < -0.39 is 11.7 Å². The van der Waals surface area contributed by atoms with Crippen LogP contribution in [0, 0.1) is 5.92 Å². The summed E-state index contributed by atoms with van der Waals surface area (Å²) in [6.45, 7) is 2.12. The van der Waals surface area contributed by atoms with Crippen LogP contribution >= 0.6 is 0 Å². The van der Waals surface area contributed by atoms with E-state index in [0.29, 0.717) is 23.2 Å². The first-order valence-corrected chi connectivity index (χ1v) is 12.6. The summed E-state index contributed by atoms with van der Waals surface area (Å²) in [5, 5.41) is 12.4. The summed E-state index contributed by atoms with van der Waals surface area (Å²) in [6.07, 6.45) is 1.69. The molecule has 0 spiro atoms. The van der Waals surface area contributed by atoms with Gasteiger partial charge in [0.2, 0.25) is 5.89 Å². The van der Waals surface area contributed by atoms with Gasteiger partial charge in [0.1, 0.15) is 5.75 Å². The van der Waals surface area contributed by atoms with Crippen LogP contribution in [0.15, 0.2) is 59.1 Å². The van der Waals surface area contributed by atoms with Crippen molar-refractivity contribution in [2.24, 2.45) is 5.92 Å². The van der Waals surface area contributed by atoms with Crippen molar-refractivity contribution in [1.29, 1.82) is 0 Å². The Balaban J connectivity index is 1.26. The number of ether oxygens (including phenoxy) is 1. The molecule has 0 aliphatic heterocycles. The number of nitrogens with one attached hydrogen (secondary N) is 1. The Morgan fingerprint density at radius 2 is 1.78 bits per heavy atom. The maximum absolute atomic E-state index is 13.5. The van der Waals surface area contributed by atoms with Gasteiger partial charge in [0.25, 0.3) is 0 Å². The highest BCUT2D eigenvalue weighted by molar-refractivity contribution is 5.85. The van der Waals surface area contributed by atoms with Crippen LogP contribution in [0.25, 0.3) is 22.4 Å². The molecule has 0 saturated heterocycles. The molecule has 194 valence electrons. The molecule has 1 fully saturated rings. The molecule has 1 unspecified atom stereocenters. The third-order valence-corrected chi connectivity index (χ3v) is 7.40. The van der Waals surface area contributed by atoms with E-state index in [2.05, 4.69) is 27.4 Å². The van der Waals surface area contributed by atoms with E-state index in [0.717, 1.165) is 55.0 Å². The Hall–Kier alpha value is -3.62. The lowest BCUT2D eigenvalue weighted by Gasteiger charge is -2.34. The van der Waals surface area contributed by atoms with Crippen molar-refractivity contribution in [2.45, 2.75) is 57.2 Å². The fraction of sp³-hybridized carbons (Fsp3) is 0.393. The number of pyridine rings is 1. The Kier molecular flexibility index (Phi) is 7.04. The average Bonchev–Trinajstić information content (AvgIpc) is 3.39. The van der Waals surface area contributed by atoms with Crippen LogP contribution in [0.5, 0.6) is 5.75 Å². The summed E-state index contributed by atoms with van der Waals surface area (Å²) < 4.78 is 51.6. The highest BCUT2D eigenvalue weighted by Gasteiger charge is 2.34. The Bertz CT molecular complexity index is 1350. The monoisotopic (exact) mass is 510 g/mol. The van der Waals surface area contributed by atoms with Gasteiger partial charge in [-0.25, -0.2) is 0 Å². The average molecular weight is 511 g/mol. The Morgan fingerprint density at radius 1 is 1.03 bits per heavy atom. The molecule has 2 aromatic heterocycles. The quantitative estimate of drug-likeness (QED) is 0.278. The lowest BCUT2D eigenvalue weighted by atomic mass is 9.75. The minimum atomic E-state index is -4.43. The molecule has 1 aliphatic carbocycles. The van der Waals surface area contributed by atoms with Crippen molar-refractivity contribution >= 4 is 16.9 Å². The van der Waals surface area contributed by atoms with E-state index in [1.807, 2.05) is 30.3 Å². The first kappa shape index (κ1) is 25.0. The van der Waals surface area contributed by atoms with Gasteiger partial charge in [-0.05, 0) is 85.9 Å². The fourth-order valence-corrected chi connectivity index (χ4v) is 5.46. The number of hydrogen-bond acceptors (Lipinski definition) is 6. The highest BCUT2D eigenvalue weighted by Crippen LogP contribution is 2.42. The van der Waals surface area contributed by atoms with Crippen LogP contribution in [0.2, 0.25) is 0 Å². The van der Waals surface area contributed by atoms with Gasteiger partial charge in [-0.3, -0.25) is 4.98 Å². The van der Waals surface area contributed by atoms with Gasteiger partial charge < -0.3 is 14.5 Å². The molecule has 0 amide bonds. The van der Waals surface area contributed by atoms with E-state index in [9.17, 15) is 13.2 Å². The number of methoxy groups -OCH3 is 1. The summed E-state index contributed by atoms with van der Waals surface area (Å²) in [4.78, 5) is 4.08. The second kappa shape index (κ2) is 10.4. The van der Waals surface area contributed by atoms with Gasteiger partial charge >= 0.3 is 12.2 Å². The normalized spacial score (nSPS) is 19.1. The molecule has 6 nitrogen and oxygen atoms in total. The smallest absolute Gasteiger partial charge is 0.418 e. The van der Waals surface area contributed by atoms with Crippen LogP contribution < -0.4 is 10.1 Å². The first-order valence-electron chi connectivity index (χ1n) is 12.6. The van der Waals surface area contributed by atoms with Gasteiger partial charge in [-0.1, -0.05) is 24.2 Å².